The van der Waals surface area contributed by atoms with Gasteiger partial charge in [-0.2, -0.15) is 0 Å². The molecule has 0 aromatic heterocycles. The lowest BCUT2D eigenvalue weighted by atomic mass is 9.69. The highest BCUT2D eigenvalue weighted by Crippen LogP contribution is 2.55. The molecule has 14 heavy (non-hydrogen) atoms. The van der Waals surface area contributed by atoms with Gasteiger partial charge in [0.1, 0.15) is 0 Å². The van der Waals surface area contributed by atoms with E-state index in [9.17, 15) is 9.59 Å². The maximum Gasteiger partial charge on any atom is 0.224 e. The molecule has 0 aromatic carbocycles. The van der Waals surface area contributed by atoms with E-state index in [0.717, 1.165) is 6.42 Å². The molecule has 0 heterocycles. The van der Waals surface area contributed by atoms with Gasteiger partial charge in [0.2, 0.25) is 11.8 Å². The van der Waals surface area contributed by atoms with Gasteiger partial charge < -0.3 is 11.5 Å². The Bertz CT molecular complexity index is 337. The number of hydrogen-bond donors (Lipinski definition) is 2. The Morgan fingerprint density at radius 2 is 2.00 bits per heavy atom. The van der Waals surface area contributed by atoms with Gasteiger partial charge in [-0.3, -0.25) is 9.59 Å². The number of amides is 2. The second kappa shape index (κ2) is 2.59. The highest BCUT2D eigenvalue weighted by Gasteiger charge is 2.58. The van der Waals surface area contributed by atoms with E-state index in [4.69, 9.17) is 11.5 Å². The van der Waals surface area contributed by atoms with Crippen LogP contribution in [0.15, 0.2) is 12.2 Å². The van der Waals surface area contributed by atoms with E-state index in [2.05, 4.69) is 0 Å². The van der Waals surface area contributed by atoms with E-state index in [-0.39, 0.29) is 11.8 Å². The molecule has 1 saturated carbocycles. The van der Waals surface area contributed by atoms with E-state index < -0.39 is 23.1 Å². The molecule has 76 valence electrons. The van der Waals surface area contributed by atoms with Gasteiger partial charge in [0.15, 0.2) is 0 Å². The number of hydrogen-bond acceptors (Lipinski definition) is 2. The van der Waals surface area contributed by atoms with Gasteiger partial charge in [0.05, 0.1) is 11.3 Å². The van der Waals surface area contributed by atoms with Crippen LogP contribution in [0.3, 0.4) is 0 Å². The van der Waals surface area contributed by atoms with Crippen LogP contribution in [0.2, 0.25) is 0 Å². The van der Waals surface area contributed by atoms with Gasteiger partial charge in [-0.25, -0.2) is 0 Å². The van der Waals surface area contributed by atoms with E-state index >= 15 is 0 Å². The normalized spacial score (nSPS) is 44.2. The highest BCUT2D eigenvalue weighted by molar-refractivity contribution is 5.91. The van der Waals surface area contributed by atoms with Crippen molar-refractivity contribution in [3.8, 4) is 0 Å². The van der Waals surface area contributed by atoms with Crippen LogP contribution in [0.25, 0.3) is 0 Å². The molecule has 0 spiro atoms. The molecule has 4 atom stereocenters. The summed E-state index contributed by atoms with van der Waals surface area (Å²) in [5.41, 5.74) is 9.91. The van der Waals surface area contributed by atoms with E-state index in [1.165, 1.54) is 0 Å². The molecule has 2 amide bonds. The molecule has 1 fully saturated rings. The fraction of sp³-hybridized carbons (Fsp3) is 0.600. The van der Waals surface area contributed by atoms with Gasteiger partial charge in [-0.1, -0.05) is 12.2 Å². The largest absolute Gasteiger partial charge is 0.369 e. The number of carbonyl (C=O) groups is 2. The molecule has 2 rings (SSSR count). The molecular formula is C10H14N2O2. The minimum absolute atomic E-state index is 0.0856. The predicted molar refractivity (Wildman–Crippen MR) is 50.7 cm³/mol. The summed E-state index contributed by atoms with van der Waals surface area (Å²) >= 11 is 0. The van der Waals surface area contributed by atoms with Crippen molar-refractivity contribution in [2.45, 2.75) is 13.3 Å². The number of rotatable bonds is 2. The van der Waals surface area contributed by atoms with Crippen LogP contribution in [-0.2, 0) is 9.59 Å². The first-order valence-corrected chi connectivity index (χ1v) is 4.75. The summed E-state index contributed by atoms with van der Waals surface area (Å²) in [4.78, 5) is 22.7. The third-order valence-electron chi connectivity index (χ3n) is 3.80. The van der Waals surface area contributed by atoms with Crippen molar-refractivity contribution in [2.75, 3.05) is 0 Å². The number of nitrogens with two attached hydrogens (primary N) is 2. The zero-order valence-corrected chi connectivity index (χ0v) is 8.07. The smallest absolute Gasteiger partial charge is 0.224 e. The summed E-state index contributed by atoms with van der Waals surface area (Å²) in [6.45, 7) is 1.75. The standard InChI is InChI=1S/C10H14N2O2/c1-10(9(12)14)6-3-2-5(4-6)7(10)8(11)13/h2-3,5-7H,4H2,1H3,(H2,11,13)(H2,12,14). The van der Waals surface area contributed by atoms with Crippen LogP contribution in [0.5, 0.6) is 0 Å². The average molecular weight is 194 g/mol. The fourth-order valence-corrected chi connectivity index (χ4v) is 2.94. The molecule has 4 nitrogen and oxygen atoms in total. The van der Waals surface area contributed by atoms with Crippen molar-refractivity contribution in [3.05, 3.63) is 12.2 Å². The topological polar surface area (TPSA) is 86.2 Å². The number of allylic oxidation sites excluding steroid dienone is 2. The third kappa shape index (κ3) is 0.882. The molecule has 0 radical (unpaired) electrons. The SMILES string of the molecule is CC1(C(N)=O)C2C=CC(C2)C1C(N)=O. The van der Waals surface area contributed by atoms with Crippen LogP contribution >= 0.6 is 0 Å². The van der Waals surface area contributed by atoms with Crippen LogP contribution in [0.1, 0.15) is 13.3 Å². The maximum absolute atomic E-state index is 11.4. The van der Waals surface area contributed by atoms with Gasteiger partial charge in [-0.05, 0) is 25.2 Å². The first-order chi connectivity index (χ1) is 6.48. The lowest BCUT2D eigenvalue weighted by Gasteiger charge is -2.33. The lowest BCUT2D eigenvalue weighted by molar-refractivity contribution is -0.138. The lowest BCUT2D eigenvalue weighted by Crippen LogP contribution is -2.48. The summed E-state index contributed by atoms with van der Waals surface area (Å²) in [5.74, 6) is -1.06. The summed E-state index contributed by atoms with van der Waals surface area (Å²) < 4.78 is 0. The fourth-order valence-electron chi connectivity index (χ4n) is 2.94. The van der Waals surface area contributed by atoms with Crippen molar-refractivity contribution in [3.63, 3.8) is 0 Å². The molecule has 0 saturated heterocycles. The molecule has 2 aliphatic carbocycles. The minimum Gasteiger partial charge on any atom is -0.369 e. The zero-order valence-electron chi connectivity index (χ0n) is 8.07. The maximum atomic E-state index is 11.4. The molecule has 2 aliphatic rings. The van der Waals surface area contributed by atoms with Crippen LogP contribution in [0, 0.1) is 23.2 Å². The molecule has 2 bridgehead atoms. The summed E-state index contributed by atoms with van der Waals surface area (Å²) in [6, 6.07) is 0. The van der Waals surface area contributed by atoms with Gasteiger partial charge >= 0.3 is 0 Å². The Hall–Kier alpha value is -1.32. The molecule has 0 aromatic rings. The Morgan fingerprint density at radius 1 is 1.36 bits per heavy atom. The molecular weight excluding hydrogens is 180 g/mol. The van der Waals surface area contributed by atoms with E-state index in [1.54, 1.807) is 6.92 Å². The molecule has 4 heteroatoms. The summed E-state index contributed by atoms with van der Waals surface area (Å²) in [5, 5.41) is 0. The number of primary amides is 2. The van der Waals surface area contributed by atoms with Crippen molar-refractivity contribution >= 4 is 11.8 Å². The zero-order chi connectivity index (χ0) is 10.5. The Kier molecular flexibility index (Phi) is 1.71. The average Bonchev–Trinajstić information content (AvgIpc) is 2.61. The first kappa shape index (κ1) is 9.24. The van der Waals surface area contributed by atoms with Crippen molar-refractivity contribution in [2.24, 2.45) is 34.6 Å². The van der Waals surface area contributed by atoms with Gasteiger partial charge in [-0.15, -0.1) is 0 Å². The third-order valence-corrected chi connectivity index (χ3v) is 3.80. The monoisotopic (exact) mass is 194 g/mol. The van der Waals surface area contributed by atoms with Crippen LogP contribution in [0.4, 0.5) is 0 Å². The molecule has 4 N–H and O–H groups in total. The number of fused-ring (bicyclic) bond motifs is 2. The second-order valence-corrected chi connectivity index (χ2v) is 4.42. The minimum atomic E-state index is -0.773. The first-order valence-electron chi connectivity index (χ1n) is 4.75. The Balaban J connectivity index is 2.45. The quantitative estimate of drug-likeness (QED) is 0.596. The summed E-state index contributed by atoms with van der Waals surface area (Å²) in [6.07, 6.45) is 4.78. The van der Waals surface area contributed by atoms with Crippen LogP contribution < -0.4 is 11.5 Å². The van der Waals surface area contributed by atoms with Gasteiger partial charge in [0, 0.05) is 0 Å². The second-order valence-electron chi connectivity index (χ2n) is 4.42. The van der Waals surface area contributed by atoms with Crippen molar-refractivity contribution in [1.29, 1.82) is 0 Å². The summed E-state index contributed by atoms with van der Waals surface area (Å²) in [7, 11) is 0. The Morgan fingerprint density at radius 3 is 2.43 bits per heavy atom. The highest BCUT2D eigenvalue weighted by atomic mass is 16.2. The number of carbonyl (C=O) groups excluding carboxylic acids is 2. The molecule has 4 unspecified atom stereocenters. The van der Waals surface area contributed by atoms with E-state index in [0.29, 0.717) is 0 Å². The van der Waals surface area contributed by atoms with Crippen LogP contribution in [-0.4, -0.2) is 11.8 Å². The van der Waals surface area contributed by atoms with Crippen molar-refractivity contribution < 1.29 is 9.59 Å². The van der Waals surface area contributed by atoms with E-state index in [1.807, 2.05) is 12.2 Å². The Labute approximate surface area is 82.3 Å². The van der Waals surface area contributed by atoms with Gasteiger partial charge in [0.25, 0.3) is 0 Å². The predicted octanol–water partition coefficient (Wildman–Crippen LogP) is -0.215. The van der Waals surface area contributed by atoms with Crippen molar-refractivity contribution in [1.82, 2.24) is 0 Å². The molecule has 0 aliphatic heterocycles.